The van der Waals surface area contributed by atoms with Crippen LogP contribution >= 0.6 is 0 Å². The first kappa shape index (κ1) is 35.2. The SMILES string of the molecule is c1ccc(-c2ccc(N(c3ccc(-c4ccccc4)cc3)c3ccc(-c4ccc(-c5ccccc5-n5c6ccccc6c6c7ccccc7ccc65)cc4)cc3)cc2)cc1. The molecule has 0 atom stereocenters. The van der Waals surface area contributed by atoms with Gasteiger partial charge in [-0.1, -0.05) is 188 Å². The molecule has 0 radical (unpaired) electrons. The Hall–Kier alpha value is -7.94. The molecule has 1 aromatic heterocycles. The lowest BCUT2D eigenvalue weighted by atomic mass is 9.98. The van der Waals surface area contributed by atoms with E-state index < -0.39 is 0 Å². The fourth-order valence-corrected chi connectivity index (χ4v) is 8.87. The molecule has 0 spiro atoms. The van der Waals surface area contributed by atoms with Crippen molar-refractivity contribution in [3.05, 3.63) is 243 Å². The molecule has 60 heavy (non-hydrogen) atoms. The third-order valence-electron chi connectivity index (χ3n) is 11.8. The molecule has 0 amide bonds. The number of hydrogen-bond donors (Lipinski definition) is 0. The Morgan fingerprint density at radius 3 is 1.25 bits per heavy atom. The maximum atomic E-state index is 2.44. The second kappa shape index (κ2) is 15.1. The second-order valence-corrected chi connectivity index (χ2v) is 15.3. The van der Waals surface area contributed by atoms with Crippen LogP contribution in [0.25, 0.3) is 82.8 Å². The monoisotopic (exact) mass is 764 g/mol. The lowest BCUT2D eigenvalue weighted by molar-refractivity contribution is 1.18. The lowest BCUT2D eigenvalue weighted by Crippen LogP contribution is -2.09. The van der Waals surface area contributed by atoms with Crippen LogP contribution in [0.4, 0.5) is 17.1 Å². The van der Waals surface area contributed by atoms with E-state index in [0.717, 1.165) is 17.1 Å². The molecule has 0 N–H and O–H groups in total. The summed E-state index contributed by atoms with van der Waals surface area (Å²) >= 11 is 0. The summed E-state index contributed by atoms with van der Waals surface area (Å²) in [5, 5.41) is 5.10. The minimum absolute atomic E-state index is 1.10. The molecular formula is C58H40N2. The predicted molar refractivity (Wildman–Crippen MR) is 255 cm³/mol. The number of fused-ring (bicyclic) bond motifs is 5. The van der Waals surface area contributed by atoms with Gasteiger partial charge in [-0.2, -0.15) is 0 Å². The molecule has 2 nitrogen and oxygen atoms in total. The Morgan fingerprint density at radius 2 is 0.683 bits per heavy atom. The molecule has 10 aromatic carbocycles. The summed E-state index contributed by atoms with van der Waals surface area (Å²) in [4.78, 5) is 2.34. The number of aromatic nitrogens is 1. The summed E-state index contributed by atoms with van der Waals surface area (Å²) in [5.74, 6) is 0. The van der Waals surface area contributed by atoms with Gasteiger partial charge >= 0.3 is 0 Å². The van der Waals surface area contributed by atoms with Crippen LogP contribution in [0.2, 0.25) is 0 Å². The summed E-state index contributed by atoms with van der Waals surface area (Å²) in [5.41, 5.74) is 16.5. The quantitative estimate of drug-likeness (QED) is 0.150. The second-order valence-electron chi connectivity index (χ2n) is 15.3. The number of nitrogens with zero attached hydrogens (tertiary/aromatic N) is 2. The molecule has 0 aliphatic carbocycles. The molecule has 1 heterocycles. The molecule has 11 aromatic rings. The van der Waals surface area contributed by atoms with E-state index in [9.17, 15) is 0 Å². The summed E-state index contributed by atoms with van der Waals surface area (Å²) in [6.07, 6.45) is 0. The van der Waals surface area contributed by atoms with Gasteiger partial charge in [-0.3, -0.25) is 0 Å². The highest BCUT2D eigenvalue weighted by Gasteiger charge is 2.18. The zero-order valence-corrected chi connectivity index (χ0v) is 33.0. The normalized spacial score (nSPS) is 11.3. The van der Waals surface area contributed by atoms with Crippen LogP contribution in [0, 0.1) is 0 Å². The van der Waals surface area contributed by atoms with Gasteiger partial charge in [0.2, 0.25) is 0 Å². The number of rotatable bonds is 8. The Kier molecular flexibility index (Phi) is 8.87. The maximum absolute atomic E-state index is 2.44. The highest BCUT2D eigenvalue weighted by Crippen LogP contribution is 2.41. The number of hydrogen-bond acceptors (Lipinski definition) is 1. The van der Waals surface area contributed by atoms with Gasteiger partial charge in [-0.25, -0.2) is 0 Å². The van der Waals surface area contributed by atoms with Crippen LogP contribution in [0.3, 0.4) is 0 Å². The van der Waals surface area contributed by atoms with Gasteiger partial charge in [0.25, 0.3) is 0 Å². The predicted octanol–water partition coefficient (Wildman–Crippen LogP) is 16.1. The van der Waals surface area contributed by atoms with Crippen LogP contribution < -0.4 is 4.90 Å². The highest BCUT2D eigenvalue weighted by molar-refractivity contribution is 6.21. The maximum Gasteiger partial charge on any atom is 0.0547 e. The van der Waals surface area contributed by atoms with E-state index >= 15 is 0 Å². The first-order valence-corrected chi connectivity index (χ1v) is 20.6. The van der Waals surface area contributed by atoms with Crippen LogP contribution in [-0.4, -0.2) is 4.57 Å². The Balaban J connectivity index is 0.933. The van der Waals surface area contributed by atoms with Gasteiger partial charge in [-0.15, -0.1) is 0 Å². The van der Waals surface area contributed by atoms with Crippen molar-refractivity contribution < 1.29 is 0 Å². The van der Waals surface area contributed by atoms with E-state index in [4.69, 9.17) is 0 Å². The van der Waals surface area contributed by atoms with E-state index in [1.807, 2.05) is 0 Å². The molecule has 2 heteroatoms. The number of anilines is 3. The Labute approximate surface area is 350 Å². The third kappa shape index (κ3) is 6.32. The van der Waals surface area contributed by atoms with E-state index in [1.54, 1.807) is 0 Å². The summed E-state index contributed by atoms with van der Waals surface area (Å²) in [6.45, 7) is 0. The number of benzene rings is 10. The molecular weight excluding hydrogens is 725 g/mol. The van der Waals surface area contributed by atoms with Gasteiger partial charge in [0.15, 0.2) is 0 Å². The average Bonchev–Trinajstić information content (AvgIpc) is 3.68. The van der Waals surface area contributed by atoms with Gasteiger partial charge in [0, 0.05) is 33.4 Å². The molecule has 0 aliphatic heterocycles. The molecule has 0 saturated heterocycles. The van der Waals surface area contributed by atoms with Crippen LogP contribution in [0.15, 0.2) is 243 Å². The third-order valence-corrected chi connectivity index (χ3v) is 11.8. The van der Waals surface area contributed by atoms with Gasteiger partial charge in [-0.05, 0) is 104 Å². The standard InChI is InChI=1S/C58H40N2/c1-3-13-41(14-4-1)44-27-34-49(35-28-44)59(50-36-29-45(30-37-50)42-15-5-2-6-16-42)51-38-31-46(32-39-51)43-23-25-48(26-24-43)52-18-9-11-21-55(52)60-56-22-12-10-20-54(56)58-53-19-8-7-17-47(53)33-40-57(58)60/h1-40H. The largest absolute Gasteiger partial charge is 0.311 e. The molecule has 282 valence electrons. The summed E-state index contributed by atoms with van der Waals surface area (Å²) in [6, 6.07) is 87.7. The van der Waals surface area contributed by atoms with Crippen molar-refractivity contribution >= 4 is 49.6 Å². The van der Waals surface area contributed by atoms with E-state index in [-0.39, 0.29) is 0 Å². The molecule has 0 saturated carbocycles. The highest BCUT2D eigenvalue weighted by atomic mass is 15.1. The summed E-state index contributed by atoms with van der Waals surface area (Å²) in [7, 11) is 0. The van der Waals surface area contributed by atoms with Gasteiger partial charge in [0.05, 0.1) is 16.7 Å². The van der Waals surface area contributed by atoms with Crippen molar-refractivity contribution in [3.8, 4) is 50.2 Å². The van der Waals surface area contributed by atoms with Gasteiger partial charge in [0.1, 0.15) is 0 Å². The van der Waals surface area contributed by atoms with E-state index in [1.165, 1.54) is 82.8 Å². The van der Waals surface area contributed by atoms with Crippen molar-refractivity contribution in [1.29, 1.82) is 0 Å². The molecule has 0 aliphatic rings. The zero-order valence-electron chi connectivity index (χ0n) is 33.0. The van der Waals surface area contributed by atoms with Crippen molar-refractivity contribution in [2.45, 2.75) is 0 Å². The van der Waals surface area contributed by atoms with E-state index in [0.29, 0.717) is 0 Å². The zero-order chi connectivity index (χ0) is 39.8. The fourth-order valence-electron chi connectivity index (χ4n) is 8.87. The van der Waals surface area contributed by atoms with Crippen LogP contribution in [0.1, 0.15) is 0 Å². The topological polar surface area (TPSA) is 8.17 Å². The molecule has 0 fully saturated rings. The minimum atomic E-state index is 1.10. The molecule has 0 bridgehead atoms. The van der Waals surface area contributed by atoms with Crippen molar-refractivity contribution in [2.24, 2.45) is 0 Å². The van der Waals surface area contributed by atoms with Crippen LogP contribution in [0.5, 0.6) is 0 Å². The molecule has 11 rings (SSSR count). The lowest BCUT2D eigenvalue weighted by Gasteiger charge is -2.26. The number of para-hydroxylation sites is 2. The van der Waals surface area contributed by atoms with Crippen molar-refractivity contribution in [1.82, 2.24) is 4.57 Å². The summed E-state index contributed by atoms with van der Waals surface area (Å²) < 4.78 is 2.44. The van der Waals surface area contributed by atoms with Crippen molar-refractivity contribution in [3.63, 3.8) is 0 Å². The fraction of sp³-hybridized carbons (Fsp3) is 0. The van der Waals surface area contributed by atoms with Crippen molar-refractivity contribution in [2.75, 3.05) is 4.90 Å². The Bertz CT molecular complexity index is 3170. The first-order valence-electron chi connectivity index (χ1n) is 20.6. The van der Waals surface area contributed by atoms with Crippen LogP contribution in [-0.2, 0) is 0 Å². The Morgan fingerprint density at radius 1 is 0.267 bits per heavy atom. The minimum Gasteiger partial charge on any atom is -0.311 e. The van der Waals surface area contributed by atoms with Gasteiger partial charge < -0.3 is 9.47 Å². The van der Waals surface area contributed by atoms with E-state index in [2.05, 4.69) is 252 Å². The first-order chi connectivity index (χ1) is 29.8. The molecule has 0 unspecified atom stereocenters. The smallest absolute Gasteiger partial charge is 0.0547 e. The average molecular weight is 765 g/mol.